The number of anilines is 1. The first-order valence-electron chi connectivity index (χ1n) is 6.72. The minimum atomic E-state index is -4.49. The van der Waals surface area contributed by atoms with Crippen LogP contribution < -0.4 is 5.32 Å². The summed E-state index contributed by atoms with van der Waals surface area (Å²) in [5.74, 6) is 1.25. The number of fused-ring (bicyclic) bond motifs is 2. The van der Waals surface area contributed by atoms with Gasteiger partial charge in [-0.15, -0.1) is 0 Å². The highest BCUT2D eigenvalue weighted by atomic mass is 19.4. The average molecular weight is 281 g/mol. The topological polar surface area (TPSA) is 48.7 Å². The molecule has 3 unspecified atom stereocenters. The lowest BCUT2D eigenvalue weighted by molar-refractivity contribution is -0.141. The molecule has 106 valence electrons. The van der Waals surface area contributed by atoms with Crippen molar-refractivity contribution in [1.29, 1.82) is 5.26 Å². The van der Waals surface area contributed by atoms with Gasteiger partial charge in [0.25, 0.3) is 0 Å². The molecule has 2 fully saturated rings. The second kappa shape index (κ2) is 4.65. The van der Waals surface area contributed by atoms with Gasteiger partial charge in [0.1, 0.15) is 17.6 Å². The molecule has 3 atom stereocenters. The van der Waals surface area contributed by atoms with Crippen molar-refractivity contribution in [1.82, 2.24) is 4.98 Å². The highest BCUT2D eigenvalue weighted by Gasteiger charge is 2.40. The molecule has 2 aliphatic carbocycles. The highest BCUT2D eigenvalue weighted by Crippen LogP contribution is 2.45. The van der Waals surface area contributed by atoms with E-state index in [0.29, 0.717) is 11.8 Å². The van der Waals surface area contributed by atoms with E-state index in [1.165, 1.54) is 12.5 Å². The highest BCUT2D eigenvalue weighted by molar-refractivity contribution is 5.53. The first-order valence-corrected chi connectivity index (χ1v) is 6.72. The summed E-state index contributed by atoms with van der Waals surface area (Å²) in [6.45, 7) is 0. The predicted octanol–water partition coefficient (Wildman–Crippen LogP) is 3.57. The normalized spacial score (nSPS) is 28.4. The maximum atomic E-state index is 12.7. The van der Waals surface area contributed by atoms with Crippen molar-refractivity contribution in [2.75, 3.05) is 5.32 Å². The fourth-order valence-corrected chi connectivity index (χ4v) is 3.41. The van der Waals surface area contributed by atoms with Gasteiger partial charge in [-0.2, -0.15) is 18.4 Å². The lowest BCUT2D eigenvalue weighted by atomic mass is 9.95. The van der Waals surface area contributed by atoms with Gasteiger partial charge in [-0.25, -0.2) is 4.98 Å². The van der Waals surface area contributed by atoms with E-state index in [9.17, 15) is 13.2 Å². The van der Waals surface area contributed by atoms with Crippen molar-refractivity contribution < 1.29 is 13.2 Å². The third-order valence-electron chi connectivity index (χ3n) is 4.37. The van der Waals surface area contributed by atoms with E-state index in [0.717, 1.165) is 25.3 Å². The van der Waals surface area contributed by atoms with Gasteiger partial charge in [-0.05, 0) is 43.2 Å². The molecule has 20 heavy (non-hydrogen) atoms. The third kappa shape index (κ3) is 2.33. The van der Waals surface area contributed by atoms with E-state index in [2.05, 4.69) is 10.3 Å². The molecule has 0 amide bonds. The number of rotatable bonds is 2. The van der Waals surface area contributed by atoms with Crippen LogP contribution in [0.25, 0.3) is 0 Å². The van der Waals surface area contributed by atoms with Crippen molar-refractivity contribution >= 4 is 5.82 Å². The summed E-state index contributed by atoms with van der Waals surface area (Å²) in [7, 11) is 0. The minimum absolute atomic E-state index is 0.0693. The Morgan fingerprint density at radius 3 is 2.60 bits per heavy atom. The van der Waals surface area contributed by atoms with Crippen LogP contribution >= 0.6 is 0 Å². The number of nitriles is 1. The Morgan fingerprint density at radius 2 is 2.05 bits per heavy atom. The molecule has 0 saturated heterocycles. The van der Waals surface area contributed by atoms with E-state index < -0.39 is 11.9 Å². The number of nitrogens with zero attached hydrogens (tertiary/aromatic N) is 2. The number of aromatic nitrogens is 1. The molecule has 6 heteroatoms. The van der Waals surface area contributed by atoms with Gasteiger partial charge in [0.05, 0.1) is 5.56 Å². The Bertz CT molecular complexity index is 562. The van der Waals surface area contributed by atoms with E-state index in [1.54, 1.807) is 0 Å². The molecule has 2 aliphatic rings. The summed E-state index contributed by atoms with van der Waals surface area (Å²) in [5.41, 5.74) is -0.789. The Hall–Kier alpha value is -1.77. The van der Waals surface area contributed by atoms with Gasteiger partial charge in [0.2, 0.25) is 0 Å². The number of pyridine rings is 1. The SMILES string of the molecule is N#Cc1ccc(C(F)(F)F)nc1NC1CC2CCC1C2. The summed E-state index contributed by atoms with van der Waals surface area (Å²) in [5, 5.41) is 12.1. The maximum absolute atomic E-state index is 12.7. The molecule has 0 aliphatic heterocycles. The van der Waals surface area contributed by atoms with Crippen LogP contribution in [0.4, 0.5) is 19.0 Å². The summed E-state index contributed by atoms with van der Waals surface area (Å²) in [6.07, 6.45) is -0.0573. The second-order valence-electron chi connectivity index (χ2n) is 5.63. The largest absolute Gasteiger partial charge is 0.433 e. The molecule has 0 aromatic carbocycles. The number of nitrogens with one attached hydrogen (secondary N) is 1. The number of halogens is 3. The fraction of sp³-hybridized carbons (Fsp3) is 0.571. The fourth-order valence-electron chi connectivity index (χ4n) is 3.41. The number of hydrogen-bond acceptors (Lipinski definition) is 3. The van der Waals surface area contributed by atoms with E-state index in [-0.39, 0.29) is 17.4 Å². The van der Waals surface area contributed by atoms with Gasteiger partial charge in [0, 0.05) is 6.04 Å². The predicted molar refractivity (Wildman–Crippen MR) is 66.8 cm³/mol. The van der Waals surface area contributed by atoms with Crippen LogP contribution in [0.3, 0.4) is 0 Å². The van der Waals surface area contributed by atoms with E-state index in [4.69, 9.17) is 5.26 Å². The van der Waals surface area contributed by atoms with Crippen LogP contribution in [0.1, 0.15) is 36.9 Å². The minimum Gasteiger partial charge on any atom is -0.366 e. The lowest BCUT2D eigenvalue weighted by Gasteiger charge is -2.24. The quantitative estimate of drug-likeness (QED) is 0.901. The van der Waals surface area contributed by atoms with Crippen LogP contribution in [-0.4, -0.2) is 11.0 Å². The summed E-state index contributed by atoms with van der Waals surface area (Å²) >= 11 is 0. The molecule has 1 N–H and O–H groups in total. The van der Waals surface area contributed by atoms with Gasteiger partial charge in [0.15, 0.2) is 0 Å². The van der Waals surface area contributed by atoms with Gasteiger partial charge >= 0.3 is 6.18 Å². The standard InChI is InChI=1S/C14H14F3N3/c15-14(16,17)12-4-3-10(7-18)13(20-12)19-11-6-8-1-2-9(11)5-8/h3-4,8-9,11H,1-2,5-6H2,(H,19,20). The molecule has 2 bridgehead atoms. The molecule has 1 aromatic rings. The van der Waals surface area contributed by atoms with Crippen molar-refractivity contribution in [3.8, 4) is 6.07 Å². The third-order valence-corrected chi connectivity index (χ3v) is 4.37. The van der Waals surface area contributed by atoms with Gasteiger partial charge in [-0.3, -0.25) is 0 Å². The summed E-state index contributed by atoms with van der Waals surface area (Å²) in [4.78, 5) is 3.60. The van der Waals surface area contributed by atoms with Crippen molar-refractivity contribution in [3.05, 3.63) is 23.4 Å². The Balaban J connectivity index is 1.86. The van der Waals surface area contributed by atoms with Crippen LogP contribution in [0.15, 0.2) is 12.1 Å². The second-order valence-corrected chi connectivity index (χ2v) is 5.63. The summed E-state index contributed by atoms with van der Waals surface area (Å²) < 4.78 is 38.1. The molecule has 1 heterocycles. The van der Waals surface area contributed by atoms with Crippen molar-refractivity contribution in [3.63, 3.8) is 0 Å². The molecule has 0 spiro atoms. The molecular weight excluding hydrogens is 267 g/mol. The zero-order valence-corrected chi connectivity index (χ0v) is 10.7. The monoisotopic (exact) mass is 281 g/mol. The molecule has 0 radical (unpaired) electrons. The molecule has 3 rings (SSSR count). The molecule has 1 aromatic heterocycles. The first-order chi connectivity index (χ1) is 9.47. The lowest BCUT2D eigenvalue weighted by Crippen LogP contribution is -2.27. The van der Waals surface area contributed by atoms with Gasteiger partial charge in [-0.1, -0.05) is 6.42 Å². The van der Waals surface area contributed by atoms with E-state index >= 15 is 0 Å². The molecule has 2 saturated carbocycles. The Labute approximate surface area is 114 Å². The zero-order chi connectivity index (χ0) is 14.3. The van der Waals surface area contributed by atoms with E-state index in [1.807, 2.05) is 6.07 Å². The summed E-state index contributed by atoms with van der Waals surface area (Å²) in [6, 6.07) is 4.09. The molecule has 3 nitrogen and oxygen atoms in total. The smallest absolute Gasteiger partial charge is 0.366 e. The van der Waals surface area contributed by atoms with Crippen molar-refractivity contribution in [2.24, 2.45) is 11.8 Å². The number of hydrogen-bond donors (Lipinski definition) is 1. The van der Waals surface area contributed by atoms with Crippen LogP contribution in [0.2, 0.25) is 0 Å². The Morgan fingerprint density at radius 1 is 1.25 bits per heavy atom. The average Bonchev–Trinajstić information content (AvgIpc) is 3.00. The first kappa shape index (κ1) is 13.2. The zero-order valence-electron chi connectivity index (χ0n) is 10.7. The van der Waals surface area contributed by atoms with Crippen molar-refractivity contribution in [2.45, 2.75) is 37.9 Å². The van der Waals surface area contributed by atoms with Crippen LogP contribution in [0, 0.1) is 23.2 Å². The van der Waals surface area contributed by atoms with Crippen LogP contribution in [-0.2, 0) is 6.18 Å². The Kier molecular flexibility index (Phi) is 3.08. The van der Waals surface area contributed by atoms with Crippen LogP contribution in [0.5, 0.6) is 0 Å². The molecular formula is C14H14F3N3. The number of alkyl halides is 3. The maximum Gasteiger partial charge on any atom is 0.433 e. The van der Waals surface area contributed by atoms with Gasteiger partial charge < -0.3 is 5.32 Å².